The van der Waals surface area contributed by atoms with E-state index in [4.69, 9.17) is 21.1 Å². The normalized spacial score (nSPS) is 11.3. The largest absolute Gasteiger partial charge is 0.493 e. The maximum atomic E-state index is 12.6. The third-order valence-corrected chi connectivity index (χ3v) is 4.34. The number of ether oxygens (including phenoxy) is 2. The Labute approximate surface area is 157 Å². The third kappa shape index (κ3) is 4.33. The minimum absolute atomic E-state index is 0.0168. The zero-order valence-corrected chi connectivity index (χ0v) is 15.2. The van der Waals surface area contributed by atoms with Crippen LogP contribution in [0.1, 0.15) is 28.3 Å². The van der Waals surface area contributed by atoms with Crippen molar-refractivity contribution in [1.82, 2.24) is 0 Å². The molecule has 6 heteroatoms. The van der Waals surface area contributed by atoms with Crippen molar-refractivity contribution in [3.05, 3.63) is 58.6 Å². The fourth-order valence-corrected chi connectivity index (χ4v) is 2.80. The van der Waals surface area contributed by atoms with Crippen LogP contribution in [0.5, 0.6) is 11.5 Å². The smallest absolute Gasteiger partial charge is 0.163 e. The van der Waals surface area contributed by atoms with E-state index in [1.165, 1.54) is 14.2 Å². The summed E-state index contributed by atoms with van der Waals surface area (Å²) in [5.41, 5.74) is 1.15. The van der Waals surface area contributed by atoms with E-state index in [1.807, 2.05) is 12.1 Å². The second-order valence-corrected chi connectivity index (χ2v) is 6.03. The van der Waals surface area contributed by atoms with Gasteiger partial charge in [-0.25, -0.2) is 0 Å². The summed E-state index contributed by atoms with van der Waals surface area (Å²) in [6, 6.07) is 15.6. The van der Waals surface area contributed by atoms with Crippen molar-refractivity contribution >= 4 is 17.4 Å². The van der Waals surface area contributed by atoms with Crippen molar-refractivity contribution in [2.45, 2.75) is 12.3 Å². The van der Waals surface area contributed by atoms with Crippen LogP contribution in [-0.4, -0.2) is 20.0 Å². The van der Waals surface area contributed by atoms with E-state index < -0.39 is 11.8 Å². The van der Waals surface area contributed by atoms with Crippen LogP contribution in [-0.2, 0) is 0 Å². The SMILES string of the molecule is COc1ccc(C(CC(=O)c2ccc(Cl)cc2)C(C#N)C#N)cc1OC. The van der Waals surface area contributed by atoms with Gasteiger partial charge in [0.15, 0.2) is 17.3 Å². The van der Waals surface area contributed by atoms with Gasteiger partial charge in [-0.1, -0.05) is 17.7 Å². The minimum Gasteiger partial charge on any atom is -0.493 e. The molecule has 0 aliphatic rings. The van der Waals surface area contributed by atoms with Crippen LogP contribution in [0.25, 0.3) is 0 Å². The Morgan fingerprint density at radius 3 is 2.19 bits per heavy atom. The Bertz CT molecular complexity index is 852. The van der Waals surface area contributed by atoms with E-state index >= 15 is 0 Å². The van der Waals surface area contributed by atoms with Crippen LogP contribution in [0, 0.1) is 28.6 Å². The van der Waals surface area contributed by atoms with Gasteiger partial charge < -0.3 is 9.47 Å². The molecule has 1 unspecified atom stereocenters. The Morgan fingerprint density at radius 2 is 1.65 bits per heavy atom. The molecule has 0 heterocycles. The van der Waals surface area contributed by atoms with Crippen LogP contribution in [0.2, 0.25) is 5.02 Å². The Hall–Kier alpha value is -3.02. The molecule has 0 N–H and O–H groups in total. The van der Waals surface area contributed by atoms with Gasteiger partial charge in [0.2, 0.25) is 0 Å². The molecule has 2 aromatic rings. The highest BCUT2D eigenvalue weighted by Crippen LogP contribution is 2.35. The Balaban J connectivity index is 2.38. The summed E-state index contributed by atoms with van der Waals surface area (Å²) in [6.45, 7) is 0. The number of nitriles is 2. The van der Waals surface area contributed by atoms with Crippen LogP contribution in [0.15, 0.2) is 42.5 Å². The minimum atomic E-state index is -0.968. The molecule has 0 aromatic heterocycles. The van der Waals surface area contributed by atoms with Gasteiger partial charge in [-0.2, -0.15) is 10.5 Å². The molecule has 2 rings (SSSR count). The molecule has 0 aliphatic carbocycles. The molecule has 0 fully saturated rings. The zero-order chi connectivity index (χ0) is 19.1. The fraction of sp³-hybridized carbons (Fsp3) is 0.250. The first kappa shape index (κ1) is 19.3. The summed E-state index contributed by atoms with van der Waals surface area (Å²) in [7, 11) is 3.02. The molecule has 132 valence electrons. The molecule has 0 saturated carbocycles. The first-order valence-corrected chi connectivity index (χ1v) is 8.21. The number of hydrogen-bond acceptors (Lipinski definition) is 5. The molecule has 0 spiro atoms. The van der Waals surface area contributed by atoms with Gasteiger partial charge in [0.05, 0.1) is 26.4 Å². The lowest BCUT2D eigenvalue weighted by Gasteiger charge is -2.19. The lowest BCUT2D eigenvalue weighted by atomic mass is 9.82. The summed E-state index contributed by atoms with van der Waals surface area (Å²) in [6.07, 6.45) is 0.0168. The summed E-state index contributed by atoms with van der Waals surface area (Å²) in [5.74, 6) is -0.720. The Morgan fingerprint density at radius 1 is 1.04 bits per heavy atom. The molecule has 0 aliphatic heterocycles. The van der Waals surface area contributed by atoms with Crippen molar-refractivity contribution < 1.29 is 14.3 Å². The van der Waals surface area contributed by atoms with Gasteiger partial charge in [0.1, 0.15) is 5.92 Å². The van der Waals surface area contributed by atoms with Crippen LogP contribution >= 0.6 is 11.6 Å². The number of Topliss-reactive ketones (excluding diaryl/α,β-unsaturated/α-hetero) is 1. The quantitative estimate of drug-likeness (QED) is 0.677. The van der Waals surface area contributed by atoms with Crippen molar-refractivity contribution in [1.29, 1.82) is 10.5 Å². The monoisotopic (exact) mass is 368 g/mol. The molecule has 5 nitrogen and oxygen atoms in total. The van der Waals surface area contributed by atoms with E-state index in [-0.39, 0.29) is 12.2 Å². The average molecular weight is 369 g/mol. The maximum Gasteiger partial charge on any atom is 0.163 e. The van der Waals surface area contributed by atoms with Crippen molar-refractivity contribution in [3.8, 4) is 23.6 Å². The third-order valence-electron chi connectivity index (χ3n) is 4.09. The number of rotatable bonds is 7. The maximum absolute atomic E-state index is 12.6. The van der Waals surface area contributed by atoms with E-state index in [0.717, 1.165) is 0 Å². The summed E-state index contributed by atoms with van der Waals surface area (Å²) >= 11 is 5.85. The summed E-state index contributed by atoms with van der Waals surface area (Å²) in [5, 5.41) is 19.2. The van der Waals surface area contributed by atoms with Crippen molar-refractivity contribution in [2.24, 2.45) is 5.92 Å². The number of hydrogen-bond donors (Lipinski definition) is 0. The van der Waals surface area contributed by atoms with Gasteiger partial charge >= 0.3 is 0 Å². The second-order valence-electron chi connectivity index (χ2n) is 5.59. The topological polar surface area (TPSA) is 83.1 Å². The molecule has 26 heavy (non-hydrogen) atoms. The zero-order valence-electron chi connectivity index (χ0n) is 14.4. The first-order chi connectivity index (χ1) is 12.5. The van der Waals surface area contributed by atoms with Crippen LogP contribution in [0.4, 0.5) is 0 Å². The predicted molar refractivity (Wildman–Crippen MR) is 97.4 cm³/mol. The first-order valence-electron chi connectivity index (χ1n) is 7.84. The lowest BCUT2D eigenvalue weighted by Crippen LogP contribution is -2.15. The molecule has 0 saturated heterocycles. The molecule has 0 radical (unpaired) electrons. The van der Waals surface area contributed by atoms with Gasteiger partial charge in [-0.15, -0.1) is 0 Å². The fourth-order valence-electron chi connectivity index (χ4n) is 2.67. The molecule has 0 amide bonds. The van der Waals surface area contributed by atoms with Crippen LogP contribution < -0.4 is 9.47 Å². The van der Waals surface area contributed by atoms with E-state index in [0.29, 0.717) is 27.6 Å². The second kappa shape index (κ2) is 8.89. The van der Waals surface area contributed by atoms with E-state index in [1.54, 1.807) is 42.5 Å². The van der Waals surface area contributed by atoms with Gasteiger partial charge in [-0.05, 0) is 42.0 Å². The highest BCUT2D eigenvalue weighted by atomic mass is 35.5. The lowest BCUT2D eigenvalue weighted by molar-refractivity contribution is 0.0970. The molecular formula is C20H17ClN2O3. The number of benzene rings is 2. The molecule has 1 atom stereocenters. The van der Waals surface area contributed by atoms with E-state index in [9.17, 15) is 15.3 Å². The van der Waals surface area contributed by atoms with Crippen LogP contribution in [0.3, 0.4) is 0 Å². The molecule has 0 bridgehead atoms. The summed E-state index contributed by atoms with van der Waals surface area (Å²) in [4.78, 5) is 12.6. The highest BCUT2D eigenvalue weighted by molar-refractivity contribution is 6.30. The number of halogens is 1. The van der Waals surface area contributed by atoms with E-state index in [2.05, 4.69) is 0 Å². The van der Waals surface area contributed by atoms with Crippen molar-refractivity contribution in [2.75, 3.05) is 14.2 Å². The number of methoxy groups -OCH3 is 2. The standard InChI is InChI=1S/C20H17ClN2O3/c1-25-19-8-5-14(9-20(19)26-2)17(15(11-22)12-23)10-18(24)13-3-6-16(21)7-4-13/h3-9,15,17H,10H2,1-2H3. The molecular weight excluding hydrogens is 352 g/mol. The van der Waals surface area contributed by atoms with Gasteiger partial charge in [0.25, 0.3) is 0 Å². The highest BCUT2D eigenvalue weighted by Gasteiger charge is 2.27. The predicted octanol–water partition coefficient (Wildman–Crippen LogP) is 4.38. The van der Waals surface area contributed by atoms with Gasteiger partial charge in [-0.3, -0.25) is 4.79 Å². The average Bonchev–Trinajstić information content (AvgIpc) is 2.67. The molecule has 2 aromatic carbocycles. The van der Waals surface area contributed by atoms with Gasteiger partial charge in [0, 0.05) is 22.9 Å². The summed E-state index contributed by atoms with van der Waals surface area (Å²) < 4.78 is 10.5. The number of ketones is 1. The number of carbonyl (C=O) groups excluding carboxylic acids is 1. The Kier molecular flexibility index (Phi) is 6.60. The number of nitrogens with zero attached hydrogens (tertiary/aromatic N) is 2. The van der Waals surface area contributed by atoms with Crippen molar-refractivity contribution in [3.63, 3.8) is 0 Å². The number of carbonyl (C=O) groups is 1.